The molecule has 1 saturated carbocycles. The lowest BCUT2D eigenvalue weighted by Crippen LogP contribution is -2.37. The van der Waals surface area contributed by atoms with Gasteiger partial charge < -0.3 is 0 Å². The van der Waals surface area contributed by atoms with Crippen molar-refractivity contribution >= 4 is 0 Å². The highest BCUT2D eigenvalue weighted by molar-refractivity contribution is 5.82. The Morgan fingerprint density at radius 2 is 1.12 bits per heavy atom. The van der Waals surface area contributed by atoms with Crippen LogP contribution in [-0.4, -0.2) is 0 Å². The lowest BCUT2D eigenvalue weighted by molar-refractivity contribution is 0.321. The van der Waals surface area contributed by atoms with Crippen LogP contribution in [0.5, 0.6) is 0 Å². The van der Waals surface area contributed by atoms with E-state index in [1.54, 1.807) is 5.57 Å². The number of rotatable bonds is 3. The zero-order valence-corrected chi connectivity index (χ0v) is 26.3. The molecule has 42 heavy (non-hydrogen) atoms. The van der Waals surface area contributed by atoms with Gasteiger partial charge in [-0.3, -0.25) is 0 Å². The minimum absolute atomic E-state index is 0.0507. The first-order chi connectivity index (χ1) is 19.9. The first-order valence-corrected chi connectivity index (χ1v) is 15.7. The van der Waals surface area contributed by atoms with Gasteiger partial charge in [0.15, 0.2) is 0 Å². The average molecular weight is 549 g/mol. The molecular weight excluding hydrogens is 504 g/mol. The maximum atomic E-state index is 2.52. The average Bonchev–Trinajstić information content (AvgIpc) is 3.65. The monoisotopic (exact) mass is 548 g/mol. The zero-order chi connectivity index (χ0) is 29.5. The summed E-state index contributed by atoms with van der Waals surface area (Å²) in [7, 11) is 0. The van der Waals surface area contributed by atoms with Crippen molar-refractivity contribution in [2.75, 3.05) is 0 Å². The summed E-state index contributed by atoms with van der Waals surface area (Å²) >= 11 is 0. The molecule has 3 aliphatic rings. The van der Waals surface area contributed by atoms with Crippen molar-refractivity contribution in [3.63, 3.8) is 0 Å². The molecule has 3 unspecified atom stereocenters. The van der Waals surface area contributed by atoms with Crippen molar-refractivity contribution in [3.8, 4) is 11.1 Å². The third-order valence-electron chi connectivity index (χ3n) is 10.7. The van der Waals surface area contributed by atoms with Gasteiger partial charge in [0, 0.05) is 22.7 Å². The summed E-state index contributed by atoms with van der Waals surface area (Å²) in [4.78, 5) is 0. The molecule has 0 heteroatoms. The number of benzene rings is 4. The first-order valence-electron chi connectivity index (χ1n) is 15.7. The standard InChI is InChI=1S/C42H44/c1-39(2,3)30-21-23-32-34(25-30)35-26-31(40(4,5)6)22-24-33(35)38(32)42(29-17-12-9-13-18-29)27-41(7,28-15-10-8-11-16-28)36-19-14-20-37(36)42/h8-26,37-38H,27H2,1-7H3. The van der Waals surface area contributed by atoms with Gasteiger partial charge >= 0.3 is 0 Å². The van der Waals surface area contributed by atoms with E-state index in [4.69, 9.17) is 0 Å². The predicted molar refractivity (Wildman–Crippen MR) is 178 cm³/mol. The molecule has 0 nitrogen and oxygen atoms in total. The molecule has 212 valence electrons. The number of hydrogen-bond donors (Lipinski definition) is 0. The summed E-state index contributed by atoms with van der Waals surface area (Å²) < 4.78 is 0. The molecule has 0 N–H and O–H groups in total. The molecule has 7 rings (SSSR count). The Balaban J connectivity index is 1.54. The Hall–Kier alpha value is -3.64. The molecule has 0 radical (unpaired) electrons. The fourth-order valence-electron chi connectivity index (χ4n) is 8.54. The molecule has 4 aromatic rings. The highest BCUT2D eigenvalue weighted by Gasteiger charge is 2.62. The highest BCUT2D eigenvalue weighted by Crippen LogP contribution is 2.68. The van der Waals surface area contributed by atoms with Crippen LogP contribution in [0, 0.1) is 5.92 Å². The normalized spacial score (nSPS) is 24.8. The van der Waals surface area contributed by atoms with Crippen molar-refractivity contribution in [3.05, 3.63) is 154 Å². The SMILES string of the molecule is CC(C)(C)c1ccc2c(c1)-c1cc(C(C)(C)C)ccc1C2C1(c2ccccc2)CC(C)(c2ccccc2)C2=CC=CC21. The maximum Gasteiger partial charge on any atom is 0.0208 e. The lowest BCUT2D eigenvalue weighted by Gasteiger charge is -2.42. The number of fused-ring (bicyclic) bond motifs is 4. The van der Waals surface area contributed by atoms with Crippen LogP contribution in [0.4, 0.5) is 0 Å². The van der Waals surface area contributed by atoms with E-state index in [2.05, 4.69) is 164 Å². The van der Waals surface area contributed by atoms with Gasteiger partial charge in [0.1, 0.15) is 0 Å². The third-order valence-corrected chi connectivity index (χ3v) is 10.7. The topological polar surface area (TPSA) is 0 Å². The Morgan fingerprint density at radius 3 is 1.62 bits per heavy atom. The highest BCUT2D eigenvalue weighted by atomic mass is 14.6. The van der Waals surface area contributed by atoms with Crippen molar-refractivity contribution in [2.24, 2.45) is 5.92 Å². The molecule has 1 fully saturated rings. The van der Waals surface area contributed by atoms with Crippen LogP contribution in [0.3, 0.4) is 0 Å². The molecule has 0 amide bonds. The van der Waals surface area contributed by atoms with Crippen LogP contribution in [0.1, 0.15) is 94.2 Å². The number of allylic oxidation sites excluding steroid dienone is 4. The molecule has 0 spiro atoms. The van der Waals surface area contributed by atoms with E-state index in [-0.39, 0.29) is 27.6 Å². The molecular formula is C42H44. The van der Waals surface area contributed by atoms with Gasteiger partial charge in [0.2, 0.25) is 0 Å². The Kier molecular flexibility index (Phi) is 5.95. The van der Waals surface area contributed by atoms with Gasteiger partial charge in [-0.2, -0.15) is 0 Å². The van der Waals surface area contributed by atoms with Crippen LogP contribution in [0.2, 0.25) is 0 Å². The van der Waals surface area contributed by atoms with Crippen LogP contribution < -0.4 is 0 Å². The molecule has 0 aromatic heterocycles. The Morgan fingerprint density at radius 1 is 0.619 bits per heavy atom. The van der Waals surface area contributed by atoms with E-state index in [9.17, 15) is 0 Å². The summed E-state index contributed by atoms with van der Waals surface area (Å²) in [5, 5.41) is 0. The summed E-state index contributed by atoms with van der Waals surface area (Å²) in [5.74, 6) is 0.591. The summed E-state index contributed by atoms with van der Waals surface area (Å²) in [6, 6.07) is 37.6. The van der Waals surface area contributed by atoms with Crippen LogP contribution in [0.15, 0.2) is 121 Å². The zero-order valence-electron chi connectivity index (χ0n) is 26.3. The van der Waals surface area contributed by atoms with Crippen LogP contribution in [0.25, 0.3) is 11.1 Å². The maximum absolute atomic E-state index is 2.52. The van der Waals surface area contributed by atoms with E-state index in [1.807, 2.05) is 0 Å². The summed E-state index contributed by atoms with van der Waals surface area (Å²) in [5.41, 5.74) is 13.1. The summed E-state index contributed by atoms with van der Waals surface area (Å²) in [6.45, 7) is 16.5. The Labute approximate surface area is 253 Å². The molecule has 0 bridgehead atoms. The van der Waals surface area contributed by atoms with Gasteiger partial charge in [-0.05, 0) is 61.8 Å². The van der Waals surface area contributed by atoms with Gasteiger partial charge in [-0.25, -0.2) is 0 Å². The molecule has 3 aliphatic carbocycles. The largest absolute Gasteiger partial charge is 0.0764 e. The van der Waals surface area contributed by atoms with E-state index in [1.165, 1.54) is 44.5 Å². The van der Waals surface area contributed by atoms with Crippen molar-refractivity contribution in [2.45, 2.75) is 82.5 Å². The third kappa shape index (κ3) is 3.87. The lowest BCUT2D eigenvalue weighted by atomic mass is 9.60. The fraction of sp³-hybridized carbons (Fsp3) is 0.333. The first kappa shape index (κ1) is 27.2. The Bertz CT molecular complexity index is 1660. The minimum Gasteiger partial charge on any atom is -0.0764 e. The van der Waals surface area contributed by atoms with Gasteiger partial charge in [-0.1, -0.05) is 169 Å². The van der Waals surface area contributed by atoms with Gasteiger partial charge in [-0.15, -0.1) is 0 Å². The van der Waals surface area contributed by atoms with Crippen molar-refractivity contribution in [1.82, 2.24) is 0 Å². The molecule has 0 heterocycles. The van der Waals surface area contributed by atoms with E-state index in [0.29, 0.717) is 5.92 Å². The molecule has 4 aromatic carbocycles. The quantitative estimate of drug-likeness (QED) is 0.239. The van der Waals surface area contributed by atoms with E-state index >= 15 is 0 Å². The van der Waals surface area contributed by atoms with Crippen LogP contribution in [-0.2, 0) is 21.7 Å². The predicted octanol–water partition coefficient (Wildman–Crippen LogP) is 10.8. The fourth-order valence-corrected chi connectivity index (χ4v) is 8.54. The molecule has 3 atom stereocenters. The smallest absolute Gasteiger partial charge is 0.0208 e. The number of hydrogen-bond acceptors (Lipinski definition) is 0. The van der Waals surface area contributed by atoms with E-state index < -0.39 is 0 Å². The molecule has 0 aliphatic heterocycles. The molecule has 0 saturated heterocycles. The van der Waals surface area contributed by atoms with Gasteiger partial charge in [0.25, 0.3) is 0 Å². The second-order valence-corrected chi connectivity index (χ2v) is 15.3. The second-order valence-electron chi connectivity index (χ2n) is 15.3. The van der Waals surface area contributed by atoms with Gasteiger partial charge in [0.05, 0.1) is 0 Å². The van der Waals surface area contributed by atoms with E-state index in [0.717, 1.165) is 6.42 Å². The van der Waals surface area contributed by atoms with Crippen molar-refractivity contribution < 1.29 is 0 Å². The van der Waals surface area contributed by atoms with Crippen LogP contribution >= 0.6 is 0 Å². The minimum atomic E-state index is -0.114. The second kappa shape index (κ2) is 9.18. The van der Waals surface area contributed by atoms with Crippen molar-refractivity contribution in [1.29, 1.82) is 0 Å². The summed E-state index contributed by atoms with van der Waals surface area (Å²) in [6.07, 6.45) is 8.35.